The highest BCUT2D eigenvalue weighted by molar-refractivity contribution is 6.29. The monoisotopic (exact) mass is 302 g/mol. The van der Waals surface area contributed by atoms with Gasteiger partial charge in [-0.3, -0.25) is 9.88 Å². The van der Waals surface area contributed by atoms with Gasteiger partial charge in [-0.05, 0) is 12.5 Å². The molecule has 0 amide bonds. The number of rotatable bonds is 3. The summed E-state index contributed by atoms with van der Waals surface area (Å²) in [5.41, 5.74) is 1.37. The molecule has 1 atom stereocenters. The van der Waals surface area contributed by atoms with Crippen molar-refractivity contribution in [2.75, 3.05) is 31.1 Å². The number of anilines is 1. The SMILES string of the molecule is CC(c1ccccc1)N1CCN(c2cncc(Cl)n2)CC1. The van der Waals surface area contributed by atoms with Gasteiger partial charge in [0.1, 0.15) is 11.0 Å². The zero-order valence-corrected chi connectivity index (χ0v) is 12.9. The van der Waals surface area contributed by atoms with Gasteiger partial charge in [0.25, 0.3) is 0 Å². The first-order chi connectivity index (χ1) is 10.2. The Morgan fingerprint density at radius 2 is 1.76 bits per heavy atom. The Labute approximate surface area is 130 Å². The first-order valence-electron chi connectivity index (χ1n) is 7.25. The first kappa shape index (κ1) is 14.3. The number of hydrogen-bond donors (Lipinski definition) is 0. The molecule has 110 valence electrons. The number of piperazine rings is 1. The molecular weight excluding hydrogens is 284 g/mol. The lowest BCUT2D eigenvalue weighted by atomic mass is 10.1. The minimum Gasteiger partial charge on any atom is -0.353 e. The van der Waals surface area contributed by atoms with Crippen LogP contribution in [0.3, 0.4) is 0 Å². The molecule has 0 saturated carbocycles. The van der Waals surface area contributed by atoms with Gasteiger partial charge in [-0.2, -0.15) is 0 Å². The van der Waals surface area contributed by atoms with Crippen molar-refractivity contribution in [3.05, 3.63) is 53.4 Å². The fourth-order valence-electron chi connectivity index (χ4n) is 2.77. The van der Waals surface area contributed by atoms with Gasteiger partial charge in [-0.1, -0.05) is 41.9 Å². The van der Waals surface area contributed by atoms with Crippen LogP contribution in [0, 0.1) is 0 Å². The van der Waals surface area contributed by atoms with E-state index in [0.717, 1.165) is 32.0 Å². The Kier molecular flexibility index (Phi) is 4.36. The Morgan fingerprint density at radius 3 is 2.43 bits per heavy atom. The van der Waals surface area contributed by atoms with Crippen molar-refractivity contribution < 1.29 is 0 Å². The molecule has 5 heteroatoms. The first-order valence-corrected chi connectivity index (χ1v) is 7.63. The maximum atomic E-state index is 5.91. The Morgan fingerprint density at radius 1 is 1.05 bits per heavy atom. The predicted molar refractivity (Wildman–Crippen MR) is 85.7 cm³/mol. The fraction of sp³-hybridized carbons (Fsp3) is 0.375. The largest absolute Gasteiger partial charge is 0.353 e. The Balaban J connectivity index is 1.63. The minimum absolute atomic E-state index is 0.443. The van der Waals surface area contributed by atoms with Gasteiger partial charge in [0.2, 0.25) is 0 Å². The summed E-state index contributed by atoms with van der Waals surface area (Å²) < 4.78 is 0. The molecule has 0 radical (unpaired) electrons. The average molecular weight is 303 g/mol. The van der Waals surface area contributed by atoms with Gasteiger partial charge in [-0.25, -0.2) is 4.98 Å². The van der Waals surface area contributed by atoms with Crippen molar-refractivity contribution in [1.82, 2.24) is 14.9 Å². The molecule has 1 fully saturated rings. The third kappa shape index (κ3) is 3.34. The van der Waals surface area contributed by atoms with Gasteiger partial charge in [0, 0.05) is 32.2 Å². The lowest BCUT2D eigenvalue weighted by molar-refractivity contribution is 0.198. The van der Waals surface area contributed by atoms with Crippen LogP contribution in [0.1, 0.15) is 18.5 Å². The van der Waals surface area contributed by atoms with Gasteiger partial charge in [0.15, 0.2) is 0 Å². The van der Waals surface area contributed by atoms with E-state index in [1.807, 2.05) is 0 Å². The van der Waals surface area contributed by atoms with Crippen LogP contribution in [0.5, 0.6) is 0 Å². The van der Waals surface area contributed by atoms with Crippen molar-refractivity contribution in [3.8, 4) is 0 Å². The summed E-state index contributed by atoms with van der Waals surface area (Å²) in [6, 6.07) is 11.1. The zero-order chi connectivity index (χ0) is 14.7. The summed E-state index contributed by atoms with van der Waals surface area (Å²) in [7, 11) is 0. The lowest BCUT2D eigenvalue weighted by Gasteiger charge is -2.38. The number of nitrogens with zero attached hydrogens (tertiary/aromatic N) is 4. The van der Waals surface area contributed by atoms with E-state index in [9.17, 15) is 0 Å². The molecule has 1 saturated heterocycles. The Bertz CT molecular complexity index is 582. The second kappa shape index (κ2) is 6.41. The summed E-state index contributed by atoms with van der Waals surface area (Å²) in [6.45, 7) is 6.21. The van der Waals surface area contributed by atoms with Crippen LogP contribution < -0.4 is 4.90 Å². The van der Waals surface area contributed by atoms with Gasteiger partial charge in [-0.15, -0.1) is 0 Å². The average Bonchev–Trinajstić information content (AvgIpc) is 2.55. The summed E-state index contributed by atoms with van der Waals surface area (Å²) in [5.74, 6) is 0.870. The van der Waals surface area contributed by atoms with Crippen LogP contribution in [0.4, 0.5) is 5.82 Å². The molecule has 0 bridgehead atoms. The topological polar surface area (TPSA) is 32.3 Å². The summed E-state index contributed by atoms with van der Waals surface area (Å²) >= 11 is 5.91. The second-order valence-electron chi connectivity index (χ2n) is 5.31. The van der Waals surface area contributed by atoms with Crippen molar-refractivity contribution in [1.29, 1.82) is 0 Å². The van der Waals surface area contributed by atoms with Gasteiger partial charge < -0.3 is 4.90 Å². The van der Waals surface area contributed by atoms with Crippen molar-refractivity contribution >= 4 is 17.4 Å². The van der Waals surface area contributed by atoms with E-state index in [-0.39, 0.29) is 0 Å². The molecule has 1 aromatic carbocycles. The smallest absolute Gasteiger partial charge is 0.149 e. The van der Waals surface area contributed by atoms with Gasteiger partial charge >= 0.3 is 0 Å². The van der Waals surface area contributed by atoms with Crippen LogP contribution in [0.2, 0.25) is 5.15 Å². The highest BCUT2D eigenvalue weighted by atomic mass is 35.5. The number of aromatic nitrogens is 2. The van der Waals surface area contributed by atoms with Crippen LogP contribution in [0.25, 0.3) is 0 Å². The zero-order valence-electron chi connectivity index (χ0n) is 12.1. The van der Waals surface area contributed by atoms with Crippen LogP contribution in [-0.4, -0.2) is 41.0 Å². The molecule has 1 aromatic heterocycles. The summed E-state index contributed by atoms with van der Waals surface area (Å²) in [6.07, 6.45) is 3.35. The molecule has 1 unspecified atom stereocenters. The van der Waals surface area contributed by atoms with E-state index in [2.05, 4.69) is 57.0 Å². The maximum absolute atomic E-state index is 5.91. The quantitative estimate of drug-likeness (QED) is 0.872. The van der Waals surface area contributed by atoms with E-state index in [1.165, 1.54) is 5.56 Å². The fourth-order valence-corrected chi connectivity index (χ4v) is 2.91. The van der Waals surface area contributed by atoms with E-state index in [1.54, 1.807) is 12.4 Å². The van der Waals surface area contributed by atoms with E-state index in [0.29, 0.717) is 11.2 Å². The summed E-state index contributed by atoms with van der Waals surface area (Å²) in [4.78, 5) is 13.2. The predicted octanol–water partition coefficient (Wildman–Crippen LogP) is 3.01. The molecule has 0 aliphatic carbocycles. The van der Waals surface area contributed by atoms with Crippen molar-refractivity contribution in [2.24, 2.45) is 0 Å². The molecule has 3 rings (SSSR count). The normalized spacial score (nSPS) is 17.7. The lowest BCUT2D eigenvalue weighted by Crippen LogP contribution is -2.47. The third-order valence-corrected chi connectivity index (χ3v) is 4.24. The molecule has 21 heavy (non-hydrogen) atoms. The van der Waals surface area contributed by atoms with Crippen molar-refractivity contribution in [3.63, 3.8) is 0 Å². The van der Waals surface area contributed by atoms with E-state index >= 15 is 0 Å². The third-order valence-electron chi connectivity index (χ3n) is 4.06. The summed E-state index contributed by atoms with van der Waals surface area (Å²) in [5, 5.41) is 0.451. The molecule has 4 nitrogen and oxygen atoms in total. The Hall–Kier alpha value is -1.65. The second-order valence-corrected chi connectivity index (χ2v) is 5.70. The van der Waals surface area contributed by atoms with E-state index in [4.69, 9.17) is 11.6 Å². The minimum atomic E-state index is 0.443. The van der Waals surface area contributed by atoms with Crippen LogP contribution in [0.15, 0.2) is 42.7 Å². The van der Waals surface area contributed by atoms with Gasteiger partial charge in [0.05, 0.1) is 12.4 Å². The molecule has 1 aliphatic rings. The molecule has 2 aromatic rings. The highest BCUT2D eigenvalue weighted by Gasteiger charge is 2.22. The van der Waals surface area contributed by atoms with E-state index < -0.39 is 0 Å². The molecule has 2 heterocycles. The molecule has 1 aliphatic heterocycles. The number of hydrogen-bond acceptors (Lipinski definition) is 4. The number of benzene rings is 1. The standard InChI is InChI=1S/C16H19ClN4/c1-13(14-5-3-2-4-6-14)20-7-9-21(10-8-20)16-12-18-11-15(17)19-16/h2-6,11-13H,7-10H2,1H3. The maximum Gasteiger partial charge on any atom is 0.149 e. The van der Waals surface area contributed by atoms with Crippen molar-refractivity contribution in [2.45, 2.75) is 13.0 Å². The molecular formula is C16H19ClN4. The molecule has 0 spiro atoms. The van der Waals surface area contributed by atoms with Crippen LogP contribution >= 0.6 is 11.6 Å². The molecule has 0 N–H and O–H groups in total. The van der Waals surface area contributed by atoms with Crippen LogP contribution in [-0.2, 0) is 0 Å². The highest BCUT2D eigenvalue weighted by Crippen LogP contribution is 2.23. The number of halogens is 1.